The molecule has 1 aliphatic rings. The van der Waals surface area contributed by atoms with E-state index in [0.717, 1.165) is 38.2 Å². The minimum absolute atomic E-state index is 0. The van der Waals surface area contributed by atoms with Crippen LogP contribution in [0, 0.1) is 5.41 Å². The number of amides is 1. The molecule has 1 saturated carbocycles. The molecule has 0 aromatic heterocycles. The summed E-state index contributed by atoms with van der Waals surface area (Å²) in [5, 5.41) is 6.84. The van der Waals surface area contributed by atoms with Crippen molar-refractivity contribution in [2.45, 2.75) is 31.7 Å². The first-order valence-electron chi connectivity index (χ1n) is 9.77. The molecule has 28 heavy (non-hydrogen) atoms. The molecule has 7 heteroatoms. The van der Waals surface area contributed by atoms with Gasteiger partial charge in [-0.1, -0.05) is 43.2 Å². The second kappa shape index (κ2) is 11.6. The van der Waals surface area contributed by atoms with Crippen LogP contribution in [0.2, 0.25) is 0 Å². The lowest BCUT2D eigenvalue weighted by Crippen LogP contribution is -2.50. The van der Waals surface area contributed by atoms with Crippen LogP contribution in [0.15, 0.2) is 35.3 Å². The number of benzene rings is 1. The third kappa shape index (κ3) is 6.34. The molecule has 1 fully saturated rings. The van der Waals surface area contributed by atoms with Gasteiger partial charge in [-0.2, -0.15) is 0 Å². The third-order valence-corrected chi connectivity index (χ3v) is 5.51. The molecule has 1 aromatic rings. The fraction of sp³-hybridized carbons (Fsp3) is 0.619. The Morgan fingerprint density at radius 3 is 2.21 bits per heavy atom. The molecule has 0 aliphatic heterocycles. The molecule has 158 valence electrons. The highest BCUT2D eigenvalue weighted by molar-refractivity contribution is 14.0. The molecule has 0 radical (unpaired) electrons. The van der Waals surface area contributed by atoms with Gasteiger partial charge in [0.05, 0.1) is 11.5 Å². The molecule has 0 spiro atoms. The first kappa shape index (κ1) is 24.7. The van der Waals surface area contributed by atoms with Gasteiger partial charge in [-0.15, -0.1) is 24.0 Å². The molecule has 1 unspecified atom stereocenters. The summed E-state index contributed by atoms with van der Waals surface area (Å²) < 4.78 is 0. The first-order valence-corrected chi connectivity index (χ1v) is 9.77. The zero-order chi connectivity index (χ0) is 19.9. The van der Waals surface area contributed by atoms with Crippen LogP contribution >= 0.6 is 24.0 Å². The van der Waals surface area contributed by atoms with Crippen molar-refractivity contribution in [3.63, 3.8) is 0 Å². The Hall–Kier alpha value is -1.35. The van der Waals surface area contributed by atoms with E-state index in [-0.39, 0.29) is 41.3 Å². The normalized spacial score (nSPS) is 17.0. The van der Waals surface area contributed by atoms with Crippen molar-refractivity contribution in [1.29, 1.82) is 0 Å². The summed E-state index contributed by atoms with van der Waals surface area (Å²) in [6.07, 6.45) is 4.12. The molecular formula is C21H36IN5O. The third-order valence-electron chi connectivity index (χ3n) is 5.51. The quantitative estimate of drug-likeness (QED) is 0.343. The zero-order valence-electron chi connectivity index (χ0n) is 17.9. The maximum absolute atomic E-state index is 12.7. The average molecular weight is 501 g/mol. The smallest absolute Gasteiger partial charge is 0.230 e. The Kier molecular flexibility index (Phi) is 10.2. The Bertz CT molecular complexity index is 627. The summed E-state index contributed by atoms with van der Waals surface area (Å²) in [6, 6.07) is 10.7. The number of hydrogen-bond donors (Lipinski definition) is 2. The Labute approximate surface area is 187 Å². The summed E-state index contributed by atoms with van der Waals surface area (Å²) in [4.78, 5) is 21.0. The van der Waals surface area contributed by atoms with Gasteiger partial charge in [-0.25, -0.2) is 0 Å². The minimum atomic E-state index is -0.304. The zero-order valence-corrected chi connectivity index (χ0v) is 20.2. The van der Waals surface area contributed by atoms with Gasteiger partial charge >= 0.3 is 0 Å². The maximum atomic E-state index is 12.7. The maximum Gasteiger partial charge on any atom is 0.230 e. The number of hydrogen-bond acceptors (Lipinski definition) is 3. The first-order chi connectivity index (χ1) is 12.9. The predicted molar refractivity (Wildman–Crippen MR) is 127 cm³/mol. The number of likely N-dealkylation sites (N-methyl/N-ethyl adjacent to an activating group) is 1. The van der Waals surface area contributed by atoms with Gasteiger partial charge in [-0.3, -0.25) is 9.79 Å². The number of nitrogens with one attached hydrogen (secondary N) is 2. The van der Waals surface area contributed by atoms with E-state index in [1.807, 2.05) is 20.2 Å². The van der Waals surface area contributed by atoms with Crippen molar-refractivity contribution in [3.05, 3.63) is 35.9 Å². The lowest BCUT2D eigenvalue weighted by molar-refractivity contribution is -0.138. The van der Waals surface area contributed by atoms with Crippen molar-refractivity contribution < 1.29 is 4.79 Å². The van der Waals surface area contributed by atoms with E-state index in [9.17, 15) is 4.79 Å². The van der Waals surface area contributed by atoms with E-state index in [2.05, 4.69) is 58.9 Å². The van der Waals surface area contributed by atoms with Gasteiger partial charge < -0.3 is 20.4 Å². The molecule has 6 nitrogen and oxygen atoms in total. The average Bonchev–Trinajstić information content (AvgIpc) is 3.14. The van der Waals surface area contributed by atoms with E-state index in [1.54, 1.807) is 11.9 Å². The number of halogens is 1. The largest absolute Gasteiger partial charge is 0.355 e. The van der Waals surface area contributed by atoms with E-state index >= 15 is 0 Å². The van der Waals surface area contributed by atoms with Crippen LogP contribution in [0.4, 0.5) is 0 Å². The van der Waals surface area contributed by atoms with Gasteiger partial charge in [0.25, 0.3) is 0 Å². The standard InChI is InChI=1S/C21H35N5O.HI/c1-22-20(23-15-18(25(2)3)17-11-7-6-8-12-17)24-16-21(13-9-10-14-21)19(27)26(4)5;/h6-8,11-12,18H,9-10,13-16H2,1-5H3,(H2,22,23,24);1H. The van der Waals surface area contributed by atoms with Crippen LogP contribution in [0.5, 0.6) is 0 Å². The van der Waals surface area contributed by atoms with Gasteiger partial charge in [0.15, 0.2) is 5.96 Å². The number of nitrogens with zero attached hydrogens (tertiary/aromatic N) is 3. The van der Waals surface area contributed by atoms with E-state index in [4.69, 9.17) is 0 Å². The summed E-state index contributed by atoms with van der Waals surface area (Å²) in [7, 11) is 9.63. The van der Waals surface area contributed by atoms with E-state index in [1.165, 1.54) is 5.56 Å². The van der Waals surface area contributed by atoms with Crippen LogP contribution in [0.25, 0.3) is 0 Å². The van der Waals surface area contributed by atoms with Crippen LogP contribution in [-0.4, -0.2) is 70.0 Å². The molecule has 1 amide bonds. The highest BCUT2D eigenvalue weighted by Crippen LogP contribution is 2.38. The van der Waals surface area contributed by atoms with Gasteiger partial charge in [0.2, 0.25) is 5.91 Å². The predicted octanol–water partition coefficient (Wildman–Crippen LogP) is 2.72. The molecular weight excluding hydrogens is 465 g/mol. The molecule has 2 rings (SSSR count). The Balaban J connectivity index is 0.00000392. The van der Waals surface area contributed by atoms with E-state index < -0.39 is 0 Å². The number of guanidine groups is 1. The highest BCUT2D eigenvalue weighted by Gasteiger charge is 2.42. The molecule has 0 bridgehead atoms. The number of carbonyl (C=O) groups excluding carboxylic acids is 1. The van der Waals surface area contributed by atoms with Crippen molar-refractivity contribution in [3.8, 4) is 0 Å². The summed E-state index contributed by atoms with van der Waals surface area (Å²) in [5.74, 6) is 0.967. The fourth-order valence-corrected chi connectivity index (χ4v) is 3.93. The molecule has 0 saturated heterocycles. The van der Waals surface area contributed by atoms with Crippen molar-refractivity contribution in [1.82, 2.24) is 20.4 Å². The molecule has 2 N–H and O–H groups in total. The number of aliphatic imine (C=N–C) groups is 1. The molecule has 0 heterocycles. The van der Waals surface area contributed by atoms with Crippen LogP contribution in [-0.2, 0) is 4.79 Å². The van der Waals surface area contributed by atoms with Gasteiger partial charge in [0, 0.05) is 34.2 Å². The Morgan fingerprint density at radius 1 is 1.11 bits per heavy atom. The van der Waals surface area contributed by atoms with Gasteiger partial charge in [-0.05, 0) is 32.5 Å². The molecule has 1 aromatic carbocycles. The lowest BCUT2D eigenvalue weighted by Gasteiger charge is -2.32. The fourth-order valence-electron chi connectivity index (χ4n) is 3.93. The van der Waals surface area contributed by atoms with Crippen molar-refractivity contribution in [2.24, 2.45) is 10.4 Å². The van der Waals surface area contributed by atoms with Crippen LogP contribution in [0.3, 0.4) is 0 Å². The number of rotatable bonds is 7. The van der Waals surface area contributed by atoms with Crippen LogP contribution < -0.4 is 10.6 Å². The monoisotopic (exact) mass is 501 g/mol. The van der Waals surface area contributed by atoms with Crippen molar-refractivity contribution >= 4 is 35.8 Å². The second-order valence-electron chi connectivity index (χ2n) is 7.88. The molecule has 1 atom stereocenters. The topological polar surface area (TPSA) is 60.0 Å². The van der Waals surface area contributed by atoms with Gasteiger partial charge in [0.1, 0.15) is 0 Å². The minimum Gasteiger partial charge on any atom is -0.355 e. The van der Waals surface area contributed by atoms with Crippen LogP contribution in [0.1, 0.15) is 37.3 Å². The van der Waals surface area contributed by atoms with E-state index in [0.29, 0.717) is 6.54 Å². The summed E-state index contributed by atoms with van der Waals surface area (Å²) in [5.41, 5.74) is 0.960. The summed E-state index contributed by atoms with van der Waals surface area (Å²) >= 11 is 0. The SMILES string of the molecule is CN=C(NCC(c1ccccc1)N(C)C)NCC1(C(=O)N(C)C)CCCC1.I. The second-order valence-corrected chi connectivity index (χ2v) is 7.88. The lowest BCUT2D eigenvalue weighted by atomic mass is 9.84. The molecule has 1 aliphatic carbocycles. The highest BCUT2D eigenvalue weighted by atomic mass is 127. The van der Waals surface area contributed by atoms with Crippen molar-refractivity contribution in [2.75, 3.05) is 48.3 Å². The Morgan fingerprint density at radius 2 is 1.71 bits per heavy atom. The number of carbonyl (C=O) groups is 1. The summed E-state index contributed by atoms with van der Waals surface area (Å²) in [6.45, 7) is 1.37.